The Bertz CT molecular complexity index is 263. The zero-order valence-electron chi connectivity index (χ0n) is 17.0. The van der Waals surface area contributed by atoms with Crippen molar-refractivity contribution in [1.29, 1.82) is 0 Å². The molecule has 0 aliphatic heterocycles. The van der Waals surface area contributed by atoms with Crippen LogP contribution in [0.4, 0.5) is 0 Å². The molecule has 2 unspecified atom stereocenters. The summed E-state index contributed by atoms with van der Waals surface area (Å²) in [7, 11) is 2.04. The lowest BCUT2D eigenvalue weighted by Crippen LogP contribution is -2.30. The maximum atomic E-state index is 6.05. The van der Waals surface area contributed by atoms with E-state index in [-0.39, 0.29) is 6.23 Å². The van der Waals surface area contributed by atoms with Crippen LogP contribution in [0.3, 0.4) is 0 Å². The molecule has 0 heterocycles. The van der Waals surface area contributed by atoms with E-state index in [1.165, 1.54) is 89.9 Å². The summed E-state index contributed by atoms with van der Waals surface area (Å²) in [4.78, 5) is 0. The first-order valence-electron chi connectivity index (χ1n) is 11.0. The van der Waals surface area contributed by atoms with E-state index in [0.717, 1.165) is 24.9 Å². The molecule has 1 rings (SSSR count). The van der Waals surface area contributed by atoms with Crippen molar-refractivity contribution in [2.45, 2.75) is 116 Å². The minimum absolute atomic E-state index is 0.254. The van der Waals surface area contributed by atoms with E-state index in [0.29, 0.717) is 0 Å². The third-order valence-electron chi connectivity index (χ3n) is 5.79. The number of nitrogens with one attached hydrogen (secondary N) is 1. The van der Waals surface area contributed by atoms with E-state index in [9.17, 15) is 0 Å². The molecule has 1 N–H and O–H groups in total. The van der Waals surface area contributed by atoms with Crippen LogP contribution in [-0.2, 0) is 4.74 Å². The molecule has 0 aromatic heterocycles. The smallest absolute Gasteiger partial charge is 0.108 e. The van der Waals surface area contributed by atoms with Gasteiger partial charge in [-0.2, -0.15) is 0 Å². The van der Waals surface area contributed by atoms with Crippen molar-refractivity contribution in [2.24, 2.45) is 11.8 Å². The highest BCUT2D eigenvalue weighted by Gasteiger charge is 2.13. The predicted octanol–water partition coefficient (Wildman–Crippen LogP) is 6.69. The van der Waals surface area contributed by atoms with Crippen LogP contribution < -0.4 is 5.32 Å². The maximum absolute atomic E-state index is 6.05. The largest absolute Gasteiger partial charge is 0.363 e. The monoisotopic (exact) mass is 339 g/mol. The van der Waals surface area contributed by atoms with E-state index in [4.69, 9.17) is 4.74 Å². The summed E-state index contributed by atoms with van der Waals surface area (Å²) in [6, 6.07) is 0. The Morgan fingerprint density at radius 3 is 2.42 bits per heavy atom. The van der Waals surface area contributed by atoms with Crippen molar-refractivity contribution in [3.8, 4) is 0 Å². The molecule has 1 aliphatic carbocycles. The quantitative estimate of drug-likeness (QED) is 0.265. The molecule has 0 aromatic rings. The predicted molar refractivity (Wildman–Crippen MR) is 106 cm³/mol. The number of unbranched alkanes of at least 4 members (excludes halogenated alkanes) is 5. The maximum Gasteiger partial charge on any atom is 0.108 e. The molecule has 1 fully saturated rings. The summed E-state index contributed by atoms with van der Waals surface area (Å²) in [5.41, 5.74) is 0. The molecule has 2 atom stereocenters. The molecule has 0 aromatic carbocycles. The summed E-state index contributed by atoms with van der Waals surface area (Å²) in [5.74, 6) is 1.82. The number of ether oxygens (including phenoxy) is 1. The molecule has 0 bridgehead atoms. The van der Waals surface area contributed by atoms with E-state index >= 15 is 0 Å². The van der Waals surface area contributed by atoms with Crippen molar-refractivity contribution >= 4 is 0 Å². The standard InChI is InChI=1S/C22H45NO/c1-4-5-9-14-20(2)19-22(23-3)24-18-13-7-6-10-15-21-16-11-8-12-17-21/h20-23H,4-19H2,1-3H3. The minimum Gasteiger partial charge on any atom is -0.363 e. The molecule has 0 spiro atoms. The average molecular weight is 340 g/mol. The highest BCUT2D eigenvalue weighted by atomic mass is 16.5. The lowest BCUT2D eigenvalue weighted by molar-refractivity contribution is 0.0167. The molecular weight excluding hydrogens is 294 g/mol. The van der Waals surface area contributed by atoms with Crippen LogP contribution in [0, 0.1) is 11.8 Å². The normalized spacial score (nSPS) is 18.6. The van der Waals surface area contributed by atoms with Crippen molar-refractivity contribution in [3.63, 3.8) is 0 Å². The Morgan fingerprint density at radius 1 is 0.958 bits per heavy atom. The molecule has 2 heteroatoms. The lowest BCUT2D eigenvalue weighted by atomic mass is 9.85. The van der Waals surface area contributed by atoms with Gasteiger partial charge in [-0.25, -0.2) is 0 Å². The van der Waals surface area contributed by atoms with Gasteiger partial charge in [-0.1, -0.05) is 97.3 Å². The van der Waals surface area contributed by atoms with E-state index in [1.54, 1.807) is 0 Å². The fourth-order valence-corrected chi connectivity index (χ4v) is 4.09. The average Bonchev–Trinajstić information content (AvgIpc) is 2.61. The molecular formula is C22H45NO. The van der Waals surface area contributed by atoms with Crippen LogP contribution in [0.1, 0.15) is 110 Å². The van der Waals surface area contributed by atoms with E-state index in [1.807, 2.05) is 7.05 Å². The van der Waals surface area contributed by atoms with Crippen molar-refractivity contribution in [2.75, 3.05) is 13.7 Å². The van der Waals surface area contributed by atoms with Gasteiger partial charge in [0.1, 0.15) is 6.23 Å². The van der Waals surface area contributed by atoms with Crippen molar-refractivity contribution < 1.29 is 4.74 Å². The third-order valence-corrected chi connectivity index (χ3v) is 5.79. The first-order valence-corrected chi connectivity index (χ1v) is 11.0. The van der Waals surface area contributed by atoms with Crippen LogP contribution in [0.5, 0.6) is 0 Å². The zero-order chi connectivity index (χ0) is 17.5. The fourth-order valence-electron chi connectivity index (χ4n) is 4.09. The Balaban J connectivity index is 1.93. The van der Waals surface area contributed by atoms with Crippen LogP contribution >= 0.6 is 0 Å². The van der Waals surface area contributed by atoms with Gasteiger partial charge < -0.3 is 4.74 Å². The second-order valence-electron chi connectivity index (χ2n) is 8.19. The molecule has 1 saturated carbocycles. The van der Waals surface area contributed by atoms with Crippen LogP contribution in [-0.4, -0.2) is 19.9 Å². The number of hydrogen-bond donors (Lipinski definition) is 1. The van der Waals surface area contributed by atoms with Gasteiger partial charge in [0.05, 0.1) is 0 Å². The first kappa shape index (κ1) is 22.0. The van der Waals surface area contributed by atoms with Gasteiger partial charge in [-0.05, 0) is 31.7 Å². The number of rotatable bonds is 15. The van der Waals surface area contributed by atoms with Gasteiger partial charge in [-0.15, -0.1) is 0 Å². The number of hydrogen-bond acceptors (Lipinski definition) is 2. The van der Waals surface area contributed by atoms with Crippen LogP contribution in [0.25, 0.3) is 0 Å². The topological polar surface area (TPSA) is 21.3 Å². The second-order valence-corrected chi connectivity index (χ2v) is 8.19. The molecule has 0 radical (unpaired) electrons. The lowest BCUT2D eigenvalue weighted by Gasteiger charge is -2.22. The van der Waals surface area contributed by atoms with Crippen molar-refractivity contribution in [3.05, 3.63) is 0 Å². The third kappa shape index (κ3) is 11.5. The second kappa shape index (κ2) is 15.2. The van der Waals surface area contributed by atoms with Gasteiger partial charge in [0.25, 0.3) is 0 Å². The Hall–Kier alpha value is -0.0800. The van der Waals surface area contributed by atoms with E-state index in [2.05, 4.69) is 19.2 Å². The Kier molecular flexibility index (Phi) is 13.9. The summed E-state index contributed by atoms with van der Waals surface area (Å²) >= 11 is 0. The first-order chi connectivity index (χ1) is 11.8. The minimum atomic E-state index is 0.254. The molecule has 1 aliphatic rings. The molecule has 2 nitrogen and oxygen atoms in total. The summed E-state index contributed by atoms with van der Waals surface area (Å²) in [6.45, 7) is 5.57. The highest BCUT2D eigenvalue weighted by Crippen LogP contribution is 2.28. The Morgan fingerprint density at radius 2 is 1.71 bits per heavy atom. The van der Waals surface area contributed by atoms with Gasteiger partial charge >= 0.3 is 0 Å². The van der Waals surface area contributed by atoms with Crippen LogP contribution in [0.2, 0.25) is 0 Å². The van der Waals surface area contributed by atoms with Crippen molar-refractivity contribution in [1.82, 2.24) is 5.32 Å². The van der Waals surface area contributed by atoms with Crippen LogP contribution in [0.15, 0.2) is 0 Å². The SMILES string of the molecule is CCCCCC(C)CC(NC)OCCCCCCC1CCCCC1. The fraction of sp³-hybridized carbons (Fsp3) is 1.00. The van der Waals surface area contributed by atoms with Gasteiger partial charge in [-0.3, -0.25) is 5.32 Å². The van der Waals surface area contributed by atoms with Gasteiger partial charge in [0, 0.05) is 6.61 Å². The summed E-state index contributed by atoms with van der Waals surface area (Å²) in [5, 5.41) is 3.35. The van der Waals surface area contributed by atoms with Gasteiger partial charge in [0.2, 0.25) is 0 Å². The summed E-state index contributed by atoms with van der Waals surface area (Å²) in [6.07, 6.45) is 21.2. The molecule has 24 heavy (non-hydrogen) atoms. The molecule has 144 valence electrons. The highest BCUT2D eigenvalue weighted by molar-refractivity contribution is 4.66. The van der Waals surface area contributed by atoms with E-state index < -0.39 is 0 Å². The molecule has 0 saturated heterocycles. The van der Waals surface area contributed by atoms with Gasteiger partial charge in [0.15, 0.2) is 0 Å². The zero-order valence-corrected chi connectivity index (χ0v) is 17.0. The molecule has 0 amide bonds. The summed E-state index contributed by atoms with van der Waals surface area (Å²) < 4.78 is 6.05. The Labute approximate surface area is 152 Å².